The summed E-state index contributed by atoms with van der Waals surface area (Å²) in [6.45, 7) is 5.24. The predicted molar refractivity (Wildman–Crippen MR) is 140 cm³/mol. The number of hydrogen-bond acceptors (Lipinski definition) is 4. The van der Waals surface area contributed by atoms with E-state index in [2.05, 4.69) is 10.6 Å². The maximum Gasteiger partial charge on any atom is 0.326 e. The van der Waals surface area contributed by atoms with E-state index in [4.69, 9.17) is 0 Å². The number of nitrogens with zero attached hydrogens (tertiary/aromatic N) is 2. The first-order valence-corrected chi connectivity index (χ1v) is 12.2. The first-order valence-electron chi connectivity index (χ1n) is 12.2. The van der Waals surface area contributed by atoms with Crippen molar-refractivity contribution in [3.05, 3.63) is 95.1 Å². The van der Waals surface area contributed by atoms with E-state index in [1.807, 2.05) is 50.2 Å². The normalized spacial score (nSPS) is 21.3. The molecular formula is C29H28N4O4. The van der Waals surface area contributed by atoms with Crippen LogP contribution < -0.4 is 15.5 Å². The van der Waals surface area contributed by atoms with Gasteiger partial charge in [-0.25, -0.2) is 4.79 Å². The van der Waals surface area contributed by atoms with Crippen LogP contribution in [0.2, 0.25) is 0 Å². The third kappa shape index (κ3) is 4.04. The minimum Gasteiger partial charge on any atom is -0.324 e. The zero-order valence-electron chi connectivity index (χ0n) is 20.9. The van der Waals surface area contributed by atoms with Crippen LogP contribution in [0.4, 0.5) is 16.2 Å². The van der Waals surface area contributed by atoms with Crippen molar-refractivity contribution in [3.8, 4) is 0 Å². The van der Waals surface area contributed by atoms with Gasteiger partial charge in [0.05, 0.1) is 11.4 Å². The second-order valence-electron chi connectivity index (χ2n) is 9.62. The molecule has 0 bridgehead atoms. The Bertz CT molecular complexity index is 1420. The van der Waals surface area contributed by atoms with Crippen LogP contribution in [0.1, 0.15) is 35.6 Å². The highest BCUT2D eigenvalue weighted by Crippen LogP contribution is 2.37. The molecule has 1 saturated heterocycles. The molecule has 2 aliphatic rings. The Hall–Kier alpha value is -4.46. The molecule has 2 aliphatic heterocycles. The van der Waals surface area contributed by atoms with Gasteiger partial charge in [-0.3, -0.25) is 19.3 Å². The number of benzene rings is 3. The Morgan fingerprint density at radius 3 is 2.35 bits per heavy atom. The lowest BCUT2D eigenvalue weighted by atomic mass is 9.81. The number of rotatable bonds is 4. The molecule has 8 heteroatoms. The van der Waals surface area contributed by atoms with Crippen LogP contribution >= 0.6 is 0 Å². The fourth-order valence-electron chi connectivity index (χ4n) is 5.12. The average molecular weight is 497 g/mol. The molecule has 1 fully saturated rings. The van der Waals surface area contributed by atoms with Crippen LogP contribution in [0.25, 0.3) is 0 Å². The summed E-state index contributed by atoms with van der Waals surface area (Å²) in [6, 6.07) is 20.6. The molecule has 5 amide bonds. The van der Waals surface area contributed by atoms with E-state index in [1.54, 1.807) is 43.3 Å². The molecule has 188 valence electrons. The van der Waals surface area contributed by atoms with E-state index in [9.17, 15) is 19.2 Å². The van der Waals surface area contributed by atoms with E-state index in [0.29, 0.717) is 22.5 Å². The molecule has 3 aromatic carbocycles. The Labute approximate surface area is 215 Å². The van der Waals surface area contributed by atoms with Gasteiger partial charge in [0, 0.05) is 12.5 Å². The summed E-state index contributed by atoms with van der Waals surface area (Å²) in [5.74, 6) is -1.18. The molecule has 0 spiro atoms. The van der Waals surface area contributed by atoms with E-state index in [-0.39, 0.29) is 12.3 Å². The van der Waals surface area contributed by atoms with Crippen molar-refractivity contribution in [2.75, 3.05) is 16.8 Å². The van der Waals surface area contributed by atoms with Crippen LogP contribution in [-0.4, -0.2) is 41.2 Å². The van der Waals surface area contributed by atoms with Crippen molar-refractivity contribution < 1.29 is 19.2 Å². The molecule has 2 N–H and O–H groups in total. The molecule has 0 saturated carbocycles. The number of nitrogens with one attached hydrogen (secondary N) is 2. The van der Waals surface area contributed by atoms with Crippen molar-refractivity contribution in [3.63, 3.8) is 0 Å². The number of carbonyl (C=O) groups is 4. The number of carbonyl (C=O) groups excluding carboxylic acids is 4. The first kappa shape index (κ1) is 24.2. The number of hydrogen-bond donors (Lipinski definition) is 2. The van der Waals surface area contributed by atoms with Crippen molar-refractivity contribution in [1.29, 1.82) is 0 Å². The Balaban J connectivity index is 1.53. The van der Waals surface area contributed by atoms with Gasteiger partial charge >= 0.3 is 6.03 Å². The van der Waals surface area contributed by atoms with Crippen molar-refractivity contribution in [2.24, 2.45) is 0 Å². The fourth-order valence-corrected chi connectivity index (χ4v) is 5.12. The number of anilines is 2. The van der Waals surface area contributed by atoms with Crippen LogP contribution in [0.15, 0.2) is 72.8 Å². The third-order valence-corrected chi connectivity index (χ3v) is 7.17. The summed E-state index contributed by atoms with van der Waals surface area (Å²) in [4.78, 5) is 55.9. The van der Waals surface area contributed by atoms with E-state index in [0.717, 1.165) is 16.0 Å². The quantitative estimate of drug-likeness (QED) is 0.536. The molecule has 37 heavy (non-hydrogen) atoms. The first-order chi connectivity index (χ1) is 17.7. The number of imide groups is 1. The topological polar surface area (TPSA) is 98.8 Å². The highest BCUT2D eigenvalue weighted by atomic mass is 16.2. The van der Waals surface area contributed by atoms with Gasteiger partial charge in [-0.05, 0) is 55.2 Å². The Morgan fingerprint density at radius 1 is 0.919 bits per heavy atom. The fraction of sp³-hybridized carbons (Fsp3) is 0.241. The molecule has 0 unspecified atom stereocenters. The van der Waals surface area contributed by atoms with Crippen LogP contribution in [0.3, 0.4) is 0 Å². The van der Waals surface area contributed by atoms with Crippen molar-refractivity contribution in [2.45, 2.75) is 38.8 Å². The average Bonchev–Trinajstić information content (AvgIpc) is 3.04. The number of aryl methyl sites for hydroxylation is 2. The lowest BCUT2D eigenvalue weighted by Crippen LogP contribution is -2.48. The zero-order valence-corrected chi connectivity index (χ0v) is 20.9. The van der Waals surface area contributed by atoms with Gasteiger partial charge in [0.1, 0.15) is 6.54 Å². The molecule has 0 radical (unpaired) electrons. The van der Waals surface area contributed by atoms with E-state index in [1.165, 1.54) is 4.90 Å². The number of fused-ring (bicyclic) bond motifs is 1. The second-order valence-corrected chi connectivity index (χ2v) is 9.62. The van der Waals surface area contributed by atoms with Crippen LogP contribution in [-0.2, 0) is 19.9 Å². The van der Waals surface area contributed by atoms with Gasteiger partial charge in [-0.15, -0.1) is 0 Å². The van der Waals surface area contributed by atoms with Gasteiger partial charge in [-0.2, -0.15) is 0 Å². The summed E-state index contributed by atoms with van der Waals surface area (Å²) >= 11 is 0. The molecule has 2 atom stereocenters. The standard InChI is InChI=1S/C29H28N4O4/c1-18-13-14-22(15-19(18)2)29(21-9-5-4-6-10-21)27(36)32(28(37)31-29)17-26(35)33-20(3)16-25(34)30-23-11-7-8-12-24(23)33/h4-15,20H,16-17H2,1-3H3,(H,30,34)(H,31,37)/t20-,29-/m0/s1. The highest BCUT2D eigenvalue weighted by molar-refractivity contribution is 6.13. The monoisotopic (exact) mass is 496 g/mol. The molecular weight excluding hydrogens is 468 g/mol. The minimum absolute atomic E-state index is 0.0944. The zero-order chi connectivity index (χ0) is 26.3. The summed E-state index contributed by atoms with van der Waals surface area (Å²) in [5, 5.41) is 5.73. The highest BCUT2D eigenvalue weighted by Gasteiger charge is 2.54. The maximum atomic E-state index is 14.1. The lowest BCUT2D eigenvalue weighted by Gasteiger charge is -2.30. The van der Waals surface area contributed by atoms with Gasteiger partial charge < -0.3 is 15.5 Å². The molecule has 2 heterocycles. The molecule has 0 aliphatic carbocycles. The SMILES string of the molecule is Cc1ccc([C@]2(c3ccccc3)NC(=O)N(CC(=O)N3c4ccccc4NC(=O)C[C@@H]3C)C2=O)cc1C. The molecule has 8 nitrogen and oxygen atoms in total. The maximum absolute atomic E-state index is 14.1. The van der Waals surface area contributed by atoms with Gasteiger partial charge in [0.2, 0.25) is 11.8 Å². The summed E-state index contributed by atoms with van der Waals surface area (Å²) in [6.07, 6.45) is 0.0944. The molecule has 5 rings (SSSR count). The lowest BCUT2D eigenvalue weighted by molar-refractivity contribution is -0.133. The summed E-state index contributed by atoms with van der Waals surface area (Å²) in [5.41, 5.74) is 2.85. The van der Waals surface area contributed by atoms with Crippen LogP contribution in [0.5, 0.6) is 0 Å². The van der Waals surface area contributed by atoms with Crippen LogP contribution in [0, 0.1) is 13.8 Å². The van der Waals surface area contributed by atoms with Crippen molar-refractivity contribution in [1.82, 2.24) is 10.2 Å². The Kier molecular flexibility index (Phi) is 6.03. The Morgan fingerprint density at radius 2 is 1.62 bits per heavy atom. The molecule has 3 aromatic rings. The van der Waals surface area contributed by atoms with Gasteiger partial charge in [0.15, 0.2) is 5.54 Å². The number of urea groups is 1. The smallest absolute Gasteiger partial charge is 0.324 e. The van der Waals surface area contributed by atoms with E-state index < -0.39 is 36.0 Å². The third-order valence-electron chi connectivity index (χ3n) is 7.17. The van der Waals surface area contributed by atoms with Gasteiger partial charge in [0.25, 0.3) is 5.91 Å². The summed E-state index contributed by atoms with van der Waals surface area (Å²) < 4.78 is 0. The number of amides is 5. The minimum atomic E-state index is -1.46. The largest absolute Gasteiger partial charge is 0.326 e. The number of para-hydroxylation sites is 2. The summed E-state index contributed by atoms with van der Waals surface area (Å²) in [7, 11) is 0. The van der Waals surface area contributed by atoms with Crippen molar-refractivity contribution >= 4 is 35.1 Å². The predicted octanol–water partition coefficient (Wildman–Crippen LogP) is 3.86. The second kappa shape index (κ2) is 9.20. The molecule has 0 aromatic heterocycles. The van der Waals surface area contributed by atoms with Gasteiger partial charge in [-0.1, -0.05) is 60.7 Å². The van der Waals surface area contributed by atoms with E-state index >= 15 is 0 Å².